The van der Waals surface area contributed by atoms with Crippen LogP contribution in [0.1, 0.15) is 18.4 Å². The molecular formula is C15H21N3O2. The molecular weight excluding hydrogens is 254 g/mol. The van der Waals surface area contributed by atoms with E-state index in [4.69, 9.17) is 5.73 Å². The molecule has 1 fully saturated rings. The zero-order valence-corrected chi connectivity index (χ0v) is 11.6. The van der Waals surface area contributed by atoms with Crippen molar-refractivity contribution in [3.05, 3.63) is 35.9 Å². The normalized spacial score (nSPS) is 15.4. The van der Waals surface area contributed by atoms with Crippen molar-refractivity contribution in [2.24, 2.45) is 5.73 Å². The summed E-state index contributed by atoms with van der Waals surface area (Å²) < 4.78 is 0. The van der Waals surface area contributed by atoms with Gasteiger partial charge in [0.25, 0.3) is 0 Å². The van der Waals surface area contributed by atoms with Crippen LogP contribution in [0.4, 0.5) is 0 Å². The Morgan fingerprint density at radius 3 is 2.30 bits per heavy atom. The largest absolute Gasteiger partial charge is 0.329 e. The molecule has 0 spiro atoms. The van der Waals surface area contributed by atoms with Crippen LogP contribution in [0, 0.1) is 0 Å². The molecule has 0 bridgehead atoms. The molecule has 0 atom stereocenters. The summed E-state index contributed by atoms with van der Waals surface area (Å²) in [7, 11) is 0. The van der Waals surface area contributed by atoms with Gasteiger partial charge in [0.05, 0.1) is 0 Å². The monoisotopic (exact) mass is 275 g/mol. The summed E-state index contributed by atoms with van der Waals surface area (Å²) in [5.41, 5.74) is 6.84. The molecule has 5 heteroatoms. The van der Waals surface area contributed by atoms with Crippen LogP contribution in [-0.2, 0) is 16.1 Å². The molecule has 1 aliphatic rings. The van der Waals surface area contributed by atoms with Crippen LogP contribution >= 0.6 is 0 Å². The fraction of sp³-hybridized carbons (Fsp3) is 0.467. The highest BCUT2D eigenvalue weighted by Gasteiger charge is 2.28. The summed E-state index contributed by atoms with van der Waals surface area (Å²) in [5, 5.41) is 0. The van der Waals surface area contributed by atoms with Gasteiger partial charge in [0.15, 0.2) is 0 Å². The van der Waals surface area contributed by atoms with E-state index in [2.05, 4.69) is 17.0 Å². The fourth-order valence-corrected chi connectivity index (χ4v) is 2.41. The van der Waals surface area contributed by atoms with Gasteiger partial charge >= 0.3 is 0 Å². The first kappa shape index (κ1) is 14.7. The van der Waals surface area contributed by atoms with Gasteiger partial charge in [-0.3, -0.25) is 19.4 Å². The maximum atomic E-state index is 11.6. The molecule has 0 aromatic heterocycles. The molecule has 1 saturated heterocycles. The van der Waals surface area contributed by atoms with E-state index >= 15 is 0 Å². The average Bonchev–Trinajstić information content (AvgIpc) is 2.77. The molecule has 108 valence electrons. The Kier molecular flexibility index (Phi) is 5.26. The quantitative estimate of drug-likeness (QED) is 0.740. The molecule has 0 unspecified atom stereocenters. The van der Waals surface area contributed by atoms with Gasteiger partial charge in [-0.25, -0.2) is 0 Å². The average molecular weight is 275 g/mol. The van der Waals surface area contributed by atoms with Crippen LogP contribution in [0.15, 0.2) is 30.3 Å². The van der Waals surface area contributed by atoms with Crippen molar-refractivity contribution in [1.29, 1.82) is 0 Å². The number of carbonyl (C=O) groups excluding carboxylic acids is 2. The number of nitrogens with zero attached hydrogens (tertiary/aromatic N) is 2. The Hall–Kier alpha value is -1.72. The predicted octanol–water partition coefficient (Wildman–Crippen LogP) is 0.596. The molecule has 1 aromatic rings. The van der Waals surface area contributed by atoms with E-state index in [-0.39, 0.29) is 11.8 Å². The van der Waals surface area contributed by atoms with E-state index in [0.717, 1.165) is 13.1 Å². The number of benzene rings is 1. The Labute approximate surface area is 119 Å². The molecule has 20 heavy (non-hydrogen) atoms. The van der Waals surface area contributed by atoms with Crippen molar-refractivity contribution < 1.29 is 9.59 Å². The molecule has 1 aromatic carbocycles. The highest BCUT2D eigenvalue weighted by Crippen LogP contribution is 2.12. The van der Waals surface area contributed by atoms with Crippen LogP contribution in [0.5, 0.6) is 0 Å². The molecule has 0 radical (unpaired) electrons. The smallest absolute Gasteiger partial charge is 0.229 e. The number of nitrogens with two attached hydrogens (primary N) is 1. The van der Waals surface area contributed by atoms with Crippen molar-refractivity contribution in [3.8, 4) is 0 Å². The zero-order chi connectivity index (χ0) is 14.4. The molecule has 1 aliphatic heterocycles. The summed E-state index contributed by atoms with van der Waals surface area (Å²) in [6, 6.07) is 10.1. The van der Waals surface area contributed by atoms with E-state index in [1.54, 1.807) is 0 Å². The Morgan fingerprint density at radius 2 is 1.70 bits per heavy atom. The van der Waals surface area contributed by atoms with E-state index in [1.165, 1.54) is 10.5 Å². The van der Waals surface area contributed by atoms with Gasteiger partial charge in [-0.05, 0) is 5.56 Å². The van der Waals surface area contributed by atoms with Crippen molar-refractivity contribution in [3.63, 3.8) is 0 Å². The molecule has 1 heterocycles. The Morgan fingerprint density at radius 1 is 1.05 bits per heavy atom. The summed E-state index contributed by atoms with van der Waals surface area (Å²) in [5.74, 6) is -0.107. The van der Waals surface area contributed by atoms with Crippen LogP contribution in [0.2, 0.25) is 0 Å². The lowest BCUT2D eigenvalue weighted by atomic mass is 10.2. The number of hydrogen-bond donors (Lipinski definition) is 1. The number of amides is 2. The third-order valence-corrected chi connectivity index (χ3v) is 3.49. The van der Waals surface area contributed by atoms with E-state index in [1.807, 2.05) is 18.2 Å². The van der Waals surface area contributed by atoms with Crippen molar-refractivity contribution >= 4 is 11.8 Å². The minimum atomic E-state index is -0.0533. The maximum Gasteiger partial charge on any atom is 0.229 e. The summed E-state index contributed by atoms with van der Waals surface area (Å²) in [4.78, 5) is 26.7. The van der Waals surface area contributed by atoms with E-state index in [9.17, 15) is 9.59 Å². The lowest BCUT2D eigenvalue weighted by Gasteiger charge is -2.24. The van der Waals surface area contributed by atoms with Gasteiger partial charge in [0.2, 0.25) is 11.8 Å². The van der Waals surface area contributed by atoms with Crippen LogP contribution < -0.4 is 5.73 Å². The lowest BCUT2D eigenvalue weighted by Crippen LogP contribution is -2.39. The highest BCUT2D eigenvalue weighted by atomic mass is 16.2. The van der Waals surface area contributed by atoms with Gasteiger partial charge in [-0.2, -0.15) is 0 Å². The number of imide groups is 1. The third-order valence-electron chi connectivity index (χ3n) is 3.49. The third kappa shape index (κ3) is 3.88. The van der Waals surface area contributed by atoms with Crippen molar-refractivity contribution in [2.45, 2.75) is 19.4 Å². The molecule has 5 nitrogen and oxygen atoms in total. The van der Waals surface area contributed by atoms with Crippen molar-refractivity contribution in [2.75, 3.05) is 26.2 Å². The van der Waals surface area contributed by atoms with E-state index < -0.39 is 0 Å². The summed E-state index contributed by atoms with van der Waals surface area (Å²) >= 11 is 0. The fourth-order valence-electron chi connectivity index (χ4n) is 2.41. The first-order chi connectivity index (χ1) is 9.70. The van der Waals surface area contributed by atoms with Crippen LogP contribution in [-0.4, -0.2) is 47.8 Å². The highest BCUT2D eigenvalue weighted by molar-refractivity contribution is 6.01. The maximum absolute atomic E-state index is 11.6. The van der Waals surface area contributed by atoms with Gasteiger partial charge in [0, 0.05) is 45.6 Å². The minimum absolute atomic E-state index is 0.0533. The first-order valence-electron chi connectivity index (χ1n) is 7.00. The Bertz CT molecular complexity index is 445. The predicted molar refractivity (Wildman–Crippen MR) is 76.7 cm³/mol. The molecule has 2 rings (SSSR count). The SMILES string of the molecule is NCCN(CCN1C(=O)CCC1=O)Cc1ccccc1. The number of carbonyl (C=O) groups is 2. The molecule has 2 amide bonds. The number of hydrogen-bond acceptors (Lipinski definition) is 4. The van der Waals surface area contributed by atoms with Gasteiger partial charge < -0.3 is 5.73 Å². The number of likely N-dealkylation sites (tertiary alicyclic amines) is 1. The first-order valence-corrected chi connectivity index (χ1v) is 7.00. The topological polar surface area (TPSA) is 66.6 Å². The van der Waals surface area contributed by atoms with Crippen molar-refractivity contribution in [1.82, 2.24) is 9.80 Å². The van der Waals surface area contributed by atoms with Gasteiger partial charge in [-0.15, -0.1) is 0 Å². The molecule has 2 N–H and O–H groups in total. The van der Waals surface area contributed by atoms with E-state index in [0.29, 0.717) is 32.5 Å². The second kappa shape index (κ2) is 7.17. The van der Waals surface area contributed by atoms with Crippen LogP contribution in [0.3, 0.4) is 0 Å². The standard InChI is InChI=1S/C15H21N3O2/c16-8-9-17(12-13-4-2-1-3-5-13)10-11-18-14(19)6-7-15(18)20/h1-5H,6-12,16H2. The molecule has 0 saturated carbocycles. The van der Waals surface area contributed by atoms with Crippen LogP contribution in [0.25, 0.3) is 0 Å². The lowest BCUT2D eigenvalue weighted by molar-refractivity contribution is -0.138. The summed E-state index contributed by atoms with van der Waals surface area (Å²) in [6.45, 7) is 3.24. The minimum Gasteiger partial charge on any atom is -0.329 e. The summed E-state index contributed by atoms with van der Waals surface area (Å²) in [6.07, 6.45) is 0.711. The number of rotatable bonds is 7. The second-order valence-electron chi connectivity index (χ2n) is 4.99. The van der Waals surface area contributed by atoms with Gasteiger partial charge in [0.1, 0.15) is 0 Å². The Balaban J connectivity index is 1.89. The second-order valence-corrected chi connectivity index (χ2v) is 4.99. The molecule has 0 aliphatic carbocycles. The van der Waals surface area contributed by atoms with Gasteiger partial charge in [-0.1, -0.05) is 30.3 Å². The zero-order valence-electron chi connectivity index (χ0n) is 11.6.